The number of hydrogen-bond acceptors (Lipinski definition) is 3. The Hall–Kier alpha value is -4.39. The highest BCUT2D eigenvalue weighted by Crippen LogP contribution is 2.44. The van der Waals surface area contributed by atoms with Crippen LogP contribution in [-0.2, 0) is 0 Å². The Morgan fingerprint density at radius 3 is 2.35 bits per heavy atom. The lowest BCUT2D eigenvalue weighted by molar-refractivity contribution is 0.269. The molecule has 43 heavy (non-hydrogen) atoms. The molecule has 2 aromatic carbocycles. The lowest BCUT2D eigenvalue weighted by Gasteiger charge is -2.12. The van der Waals surface area contributed by atoms with Gasteiger partial charge >= 0.3 is 0 Å². The maximum atomic E-state index is 6.37. The highest BCUT2D eigenvalue weighted by atomic mass is 32.2. The predicted octanol–water partition coefficient (Wildman–Crippen LogP) is 10.9. The molecule has 2 nitrogen and oxygen atoms in total. The largest absolute Gasteiger partial charge is 0.484 e. The summed E-state index contributed by atoms with van der Waals surface area (Å²) in [6.07, 6.45) is 24.0. The van der Waals surface area contributed by atoms with Crippen LogP contribution < -0.4 is 9.46 Å². The number of nitrogens with one attached hydrogen (secondary N) is 1. The van der Waals surface area contributed by atoms with E-state index in [1.165, 1.54) is 33.4 Å². The molecule has 2 atom stereocenters. The standard InChI is InChI=1S/C38H41NOS.C2H2/c1-9-15-37-33(13-5)35-17-14-16-34(38(35)40-37)25(6)18-21-30(11-3)39-41-31-22-19-29(20-23-31)26(7)36-24-28(10-2)32(12-4)27(36)8;1-2/h9-10,12-23,33,37,39H,2,4-5,8,11,24H2,1,3,6-7H3;1-2H/b15-9-,25-18+,30-21+,36-26+;. The first-order valence-electron chi connectivity index (χ1n) is 14.5. The topological polar surface area (TPSA) is 21.3 Å². The Bertz CT molecular complexity index is 1560. The van der Waals surface area contributed by atoms with Gasteiger partial charge in [-0.3, -0.25) is 0 Å². The molecule has 0 saturated carbocycles. The van der Waals surface area contributed by atoms with Gasteiger partial charge in [-0.25, -0.2) is 0 Å². The third kappa shape index (κ3) is 7.34. The molecule has 1 aliphatic heterocycles. The minimum atomic E-state index is -0.00415. The van der Waals surface area contributed by atoms with Gasteiger partial charge in [0, 0.05) is 27.6 Å². The Kier molecular flexibility index (Phi) is 12.1. The summed E-state index contributed by atoms with van der Waals surface area (Å²) >= 11 is 1.63. The molecule has 2 aromatic rings. The number of hydrogen-bond donors (Lipinski definition) is 1. The zero-order valence-electron chi connectivity index (χ0n) is 26.0. The van der Waals surface area contributed by atoms with E-state index in [9.17, 15) is 0 Å². The quantitative estimate of drug-likeness (QED) is 0.123. The number of fused-ring (bicyclic) bond motifs is 1. The zero-order chi connectivity index (χ0) is 31.5. The molecule has 2 aliphatic rings. The molecule has 0 saturated heterocycles. The van der Waals surface area contributed by atoms with Crippen LogP contribution in [0.4, 0.5) is 0 Å². The van der Waals surface area contributed by atoms with Gasteiger partial charge in [0.2, 0.25) is 0 Å². The van der Waals surface area contributed by atoms with Gasteiger partial charge in [0.15, 0.2) is 0 Å². The van der Waals surface area contributed by atoms with Crippen molar-refractivity contribution in [3.63, 3.8) is 0 Å². The summed E-state index contributed by atoms with van der Waals surface area (Å²) in [4.78, 5) is 1.16. The average molecular weight is 586 g/mol. The molecular formula is C40H43NOS. The van der Waals surface area contributed by atoms with Gasteiger partial charge in [-0.15, -0.1) is 19.4 Å². The van der Waals surface area contributed by atoms with Crippen molar-refractivity contribution in [1.29, 1.82) is 0 Å². The van der Waals surface area contributed by atoms with Crippen LogP contribution in [0.25, 0.3) is 11.1 Å². The average Bonchev–Trinajstić information content (AvgIpc) is 3.57. The van der Waals surface area contributed by atoms with Gasteiger partial charge in [-0.05, 0) is 109 Å². The second kappa shape index (κ2) is 15.7. The van der Waals surface area contributed by atoms with Crippen LogP contribution in [0, 0.1) is 12.8 Å². The van der Waals surface area contributed by atoms with E-state index in [1.54, 1.807) is 11.9 Å². The minimum Gasteiger partial charge on any atom is -0.484 e. The summed E-state index contributed by atoms with van der Waals surface area (Å²) in [5.41, 5.74) is 11.7. The van der Waals surface area contributed by atoms with Crippen LogP contribution >= 0.6 is 11.9 Å². The van der Waals surface area contributed by atoms with Gasteiger partial charge < -0.3 is 9.46 Å². The van der Waals surface area contributed by atoms with Crippen molar-refractivity contribution in [2.45, 2.75) is 57.5 Å². The van der Waals surface area contributed by atoms with E-state index in [0.29, 0.717) is 0 Å². The fraction of sp³-hybridized carbons (Fsp3) is 0.200. The molecule has 0 fully saturated rings. The molecule has 220 valence electrons. The van der Waals surface area contributed by atoms with E-state index < -0.39 is 0 Å². The Labute approximate surface area is 263 Å². The fourth-order valence-corrected chi connectivity index (χ4v) is 6.14. The van der Waals surface area contributed by atoms with E-state index in [-0.39, 0.29) is 12.0 Å². The number of benzene rings is 2. The summed E-state index contributed by atoms with van der Waals surface area (Å²) in [6.45, 7) is 24.8. The van der Waals surface area contributed by atoms with Crippen molar-refractivity contribution in [2.24, 2.45) is 0 Å². The normalized spacial score (nSPS) is 19.3. The fourth-order valence-electron chi connectivity index (χ4n) is 5.41. The molecule has 1 aliphatic carbocycles. The van der Waals surface area contributed by atoms with Crippen LogP contribution in [0.15, 0.2) is 144 Å². The molecular weight excluding hydrogens is 543 g/mol. The maximum Gasteiger partial charge on any atom is 0.131 e. The van der Waals surface area contributed by atoms with Crippen molar-refractivity contribution in [2.75, 3.05) is 0 Å². The number of allylic oxidation sites excluding steroid dienone is 12. The lowest BCUT2D eigenvalue weighted by Crippen LogP contribution is -2.13. The highest BCUT2D eigenvalue weighted by molar-refractivity contribution is 7.97. The monoisotopic (exact) mass is 585 g/mol. The van der Waals surface area contributed by atoms with Crippen LogP contribution in [0.2, 0.25) is 0 Å². The molecule has 0 radical (unpaired) electrons. The molecule has 4 rings (SSSR count). The first-order chi connectivity index (χ1) is 20.9. The van der Waals surface area contributed by atoms with E-state index in [1.807, 2.05) is 31.2 Å². The second-order valence-corrected chi connectivity index (χ2v) is 11.2. The molecule has 2 unspecified atom stereocenters. The van der Waals surface area contributed by atoms with E-state index in [0.717, 1.165) is 45.9 Å². The second-order valence-electron chi connectivity index (χ2n) is 10.3. The number of ether oxygens (including phenoxy) is 1. The van der Waals surface area contributed by atoms with Crippen molar-refractivity contribution in [3.8, 4) is 18.6 Å². The van der Waals surface area contributed by atoms with Crippen molar-refractivity contribution < 1.29 is 4.74 Å². The number of rotatable bonds is 11. The SMILES string of the molecule is C#C.C=CC1=C(C=C)C(=C)/C(=C(\C)c2ccc(SN/C(=C/C=C(\C)c3cccc4c3OC(/C=C\C)C4C=C)CC)cc2)C1. The number of terminal acetylenes is 1. The zero-order valence-corrected chi connectivity index (χ0v) is 26.8. The Balaban J connectivity index is 0.00000248. The Morgan fingerprint density at radius 2 is 1.77 bits per heavy atom. The van der Waals surface area contributed by atoms with Crippen molar-refractivity contribution in [1.82, 2.24) is 4.72 Å². The van der Waals surface area contributed by atoms with Crippen molar-refractivity contribution >= 4 is 23.1 Å². The van der Waals surface area contributed by atoms with E-state index in [4.69, 9.17) is 4.74 Å². The maximum absolute atomic E-state index is 6.37. The summed E-state index contributed by atoms with van der Waals surface area (Å²) < 4.78 is 9.92. The van der Waals surface area contributed by atoms with E-state index >= 15 is 0 Å². The third-order valence-corrected chi connectivity index (χ3v) is 8.75. The summed E-state index contributed by atoms with van der Waals surface area (Å²) in [5.74, 6) is 1.13. The summed E-state index contributed by atoms with van der Waals surface area (Å²) in [7, 11) is 0. The van der Waals surface area contributed by atoms with E-state index in [2.05, 4.69) is 125 Å². The first kappa shape index (κ1) is 33.1. The van der Waals surface area contributed by atoms with Gasteiger partial charge in [0.25, 0.3) is 0 Å². The molecule has 1 N–H and O–H groups in total. The molecule has 0 aromatic heterocycles. The minimum absolute atomic E-state index is 0.00415. The highest BCUT2D eigenvalue weighted by Gasteiger charge is 2.32. The van der Waals surface area contributed by atoms with Gasteiger partial charge in [-0.2, -0.15) is 0 Å². The molecule has 0 spiro atoms. The van der Waals surface area contributed by atoms with Gasteiger partial charge in [0.05, 0.1) is 0 Å². The predicted molar refractivity (Wildman–Crippen MR) is 190 cm³/mol. The molecule has 1 heterocycles. The lowest BCUT2D eigenvalue weighted by atomic mass is 9.92. The van der Waals surface area contributed by atoms with Crippen LogP contribution in [0.5, 0.6) is 5.75 Å². The molecule has 0 bridgehead atoms. The smallest absolute Gasteiger partial charge is 0.131 e. The molecule has 0 amide bonds. The van der Waals surface area contributed by atoms with Gasteiger partial charge in [-0.1, -0.05) is 87.4 Å². The van der Waals surface area contributed by atoms with Crippen LogP contribution in [-0.4, -0.2) is 6.10 Å². The van der Waals surface area contributed by atoms with Crippen LogP contribution in [0.1, 0.15) is 63.1 Å². The Morgan fingerprint density at radius 1 is 1.05 bits per heavy atom. The number of para-hydroxylation sites is 1. The molecule has 3 heteroatoms. The van der Waals surface area contributed by atoms with Gasteiger partial charge in [0.1, 0.15) is 11.9 Å². The third-order valence-electron chi connectivity index (χ3n) is 7.88. The van der Waals surface area contributed by atoms with Crippen LogP contribution in [0.3, 0.4) is 0 Å². The van der Waals surface area contributed by atoms with Crippen molar-refractivity contribution in [3.05, 3.63) is 156 Å². The summed E-state index contributed by atoms with van der Waals surface area (Å²) in [5, 5.41) is 0. The first-order valence-corrected chi connectivity index (χ1v) is 15.3. The summed E-state index contributed by atoms with van der Waals surface area (Å²) in [6, 6.07) is 15.1.